The molecule has 0 saturated heterocycles. The molecule has 1 spiro atoms. The first-order valence-electron chi connectivity index (χ1n) is 6.91. The second kappa shape index (κ2) is 4.97. The van der Waals surface area contributed by atoms with E-state index >= 15 is 0 Å². The molecule has 1 fully saturated rings. The molecule has 0 bridgehead atoms. The van der Waals surface area contributed by atoms with Gasteiger partial charge in [-0.05, 0) is 37.5 Å². The van der Waals surface area contributed by atoms with Gasteiger partial charge in [-0.15, -0.1) is 0 Å². The highest BCUT2D eigenvalue weighted by molar-refractivity contribution is 6.30. The SMILES string of the molecule is COC1CCCCC12C[C@@H](N)c1cc(Cl)ccc1O2. The number of ether oxygens (including phenoxy) is 2. The Hall–Kier alpha value is -0.770. The van der Waals surface area contributed by atoms with Crippen molar-refractivity contribution in [2.45, 2.75) is 49.9 Å². The predicted molar refractivity (Wildman–Crippen MR) is 75.6 cm³/mol. The first-order chi connectivity index (χ1) is 9.14. The van der Waals surface area contributed by atoms with Crippen LogP contribution in [0.1, 0.15) is 43.7 Å². The zero-order valence-corrected chi connectivity index (χ0v) is 12.0. The van der Waals surface area contributed by atoms with Crippen LogP contribution in [0, 0.1) is 0 Å². The van der Waals surface area contributed by atoms with E-state index in [0.29, 0.717) is 5.02 Å². The first kappa shape index (κ1) is 13.2. The molecule has 1 saturated carbocycles. The Morgan fingerprint density at radius 1 is 1.42 bits per heavy atom. The van der Waals surface area contributed by atoms with Gasteiger partial charge in [0.25, 0.3) is 0 Å². The summed E-state index contributed by atoms with van der Waals surface area (Å²) in [7, 11) is 1.77. The number of rotatable bonds is 1. The molecule has 19 heavy (non-hydrogen) atoms. The maximum Gasteiger partial charge on any atom is 0.137 e. The van der Waals surface area contributed by atoms with E-state index in [0.717, 1.165) is 30.6 Å². The number of nitrogens with two attached hydrogens (primary N) is 1. The lowest BCUT2D eigenvalue weighted by Crippen LogP contribution is -2.54. The number of hydrogen-bond acceptors (Lipinski definition) is 3. The largest absolute Gasteiger partial charge is 0.484 e. The Morgan fingerprint density at radius 2 is 2.26 bits per heavy atom. The first-order valence-corrected chi connectivity index (χ1v) is 7.29. The van der Waals surface area contributed by atoms with Crippen molar-refractivity contribution in [3.63, 3.8) is 0 Å². The quantitative estimate of drug-likeness (QED) is 0.857. The summed E-state index contributed by atoms with van der Waals surface area (Å²) in [5.41, 5.74) is 7.10. The molecule has 104 valence electrons. The highest BCUT2D eigenvalue weighted by Gasteiger charge is 2.47. The summed E-state index contributed by atoms with van der Waals surface area (Å²) in [4.78, 5) is 0. The average Bonchev–Trinajstić information content (AvgIpc) is 2.40. The molecule has 0 amide bonds. The van der Waals surface area contributed by atoms with Gasteiger partial charge in [0.15, 0.2) is 0 Å². The third-order valence-electron chi connectivity index (χ3n) is 4.44. The summed E-state index contributed by atoms with van der Waals surface area (Å²) >= 11 is 6.04. The molecule has 3 rings (SSSR count). The molecule has 0 radical (unpaired) electrons. The van der Waals surface area contributed by atoms with Crippen LogP contribution in [-0.4, -0.2) is 18.8 Å². The Kier molecular flexibility index (Phi) is 3.46. The van der Waals surface area contributed by atoms with Gasteiger partial charge in [-0.3, -0.25) is 0 Å². The highest BCUT2D eigenvalue weighted by Crippen LogP contribution is 2.46. The van der Waals surface area contributed by atoms with Gasteiger partial charge in [-0.25, -0.2) is 0 Å². The minimum Gasteiger partial charge on any atom is -0.484 e. The fourth-order valence-electron chi connectivity index (χ4n) is 3.51. The van der Waals surface area contributed by atoms with Crippen molar-refractivity contribution in [3.8, 4) is 5.75 Å². The summed E-state index contributed by atoms with van der Waals surface area (Å²) in [6, 6.07) is 5.67. The lowest BCUT2D eigenvalue weighted by atomic mass is 9.75. The van der Waals surface area contributed by atoms with Crippen LogP contribution in [0.5, 0.6) is 5.75 Å². The van der Waals surface area contributed by atoms with E-state index in [2.05, 4.69) is 0 Å². The second-order valence-corrected chi connectivity index (χ2v) is 6.07. The van der Waals surface area contributed by atoms with Gasteiger partial charge >= 0.3 is 0 Å². The predicted octanol–water partition coefficient (Wildman–Crippen LogP) is 3.45. The Bertz CT molecular complexity index is 479. The van der Waals surface area contributed by atoms with Crippen LogP contribution in [0.3, 0.4) is 0 Å². The number of fused-ring (bicyclic) bond motifs is 1. The second-order valence-electron chi connectivity index (χ2n) is 5.63. The van der Waals surface area contributed by atoms with Crippen molar-refractivity contribution in [1.82, 2.24) is 0 Å². The van der Waals surface area contributed by atoms with Crippen LogP contribution in [0.25, 0.3) is 0 Å². The fraction of sp³-hybridized carbons (Fsp3) is 0.600. The summed E-state index contributed by atoms with van der Waals surface area (Å²) in [6.07, 6.45) is 5.38. The van der Waals surface area contributed by atoms with E-state index in [9.17, 15) is 0 Å². The molecule has 2 aliphatic rings. The van der Waals surface area contributed by atoms with Crippen molar-refractivity contribution in [1.29, 1.82) is 0 Å². The maximum absolute atomic E-state index is 6.34. The zero-order valence-electron chi connectivity index (χ0n) is 11.2. The molecule has 2 unspecified atom stereocenters. The molecule has 3 nitrogen and oxygen atoms in total. The third-order valence-corrected chi connectivity index (χ3v) is 4.67. The molecule has 1 aliphatic heterocycles. The van der Waals surface area contributed by atoms with E-state index in [1.807, 2.05) is 18.2 Å². The van der Waals surface area contributed by atoms with Gasteiger partial charge in [0.05, 0.1) is 6.10 Å². The van der Waals surface area contributed by atoms with Crippen LogP contribution < -0.4 is 10.5 Å². The fourth-order valence-corrected chi connectivity index (χ4v) is 3.69. The van der Waals surface area contributed by atoms with Crippen LogP contribution >= 0.6 is 11.6 Å². The Morgan fingerprint density at radius 3 is 3.05 bits per heavy atom. The molecule has 4 heteroatoms. The van der Waals surface area contributed by atoms with Crippen LogP contribution in [0.15, 0.2) is 18.2 Å². The molecule has 0 aromatic heterocycles. The van der Waals surface area contributed by atoms with Crippen LogP contribution in [0.2, 0.25) is 5.02 Å². The molecule has 1 heterocycles. The van der Waals surface area contributed by atoms with Gasteiger partial charge in [0.2, 0.25) is 0 Å². The van der Waals surface area contributed by atoms with E-state index in [1.165, 1.54) is 12.8 Å². The lowest BCUT2D eigenvalue weighted by molar-refractivity contribution is -0.114. The number of methoxy groups -OCH3 is 1. The van der Waals surface area contributed by atoms with Crippen molar-refractivity contribution >= 4 is 11.6 Å². The van der Waals surface area contributed by atoms with Gasteiger partial charge in [0, 0.05) is 30.2 Å². The topological polar surface area (TPSA) is 44.5 Å². The van der Waals surface area contributed by atoms with Gasteiger partial charge < -0.3 is 15.2 Å². The summed E-state index contributed by atoms with van der Waals surface area (Å²) in [6.45, 7) is 0. The van der Waals surface area contributed by atoms with E-state index in [1.54, 1.807) is 7.11 Å². The number of hydrogen-bond donors (Lipinski definition) is 1. The minimum atomic E-state index is -0.257. The van der Waals surface area contributed by atoms with Crippen molar-refractivity contribution in [2.24, 2.45) is 5.73 Å². The lowest BCUT2D eigenvalue weighted by Gasteiger charge is -2.47. The average molecular weight is 282 g/mol. The van der Waals surface area contributed by atoms with Crippen LogP contribution in [0.4, 0.5) is 0 Å². The van der Waals surface area contributed by atoms with Crippen molar-refractivity contribution < 1.29 is 9.47 Å². The Balaban J connectivity index is 1.97. The molecule has 1 aromatic rings. The highest BCUT2D eigenvalue weighted by atomic mass is 35.5. The maximum atomic E-state index is 6.34. The Labute approximate surface area is 119 Å². The minimum absolute atomic E-state index is 0.0294. The number of halogens is 1. The smallest absolute Gasteiger partial charge is 0.137 e. The van der Waals surface area contributed by atoms with Gasteiger partial charge in [0.1, 0.15) is 11.4 Å². The summed E-state index contributed by atoms with van der Waals surface area (Å²) in [5.74, 6) is 0.868. The zero-order chi connectivity index (χ0) is 13.5. The molecule has 3 atom stereocenters. The monoisotopic (exact) mass is 281 g/mol. The molecule has 2 N–H and O–H groups in total. The molecule has 1 aromatic carbocycles. The van der Waals surface area contributed by atoms with Crippen molar-refractivity contribution in [2.75, 3.05) is 7.11 Å². The van der Waals surface area contributed by atoms with E-state index in [4.69, 9.17) is 26.8 Å². The molecule has 1 aliphatic carbocycles. The summed E-state index contributed by atoms with van der Waals surface area (Å²) < 4.78 is 12.0. The summed E-state index contributed by atoms with van der Waals surface area (Å²) in [5, 5.41) is 0.709. The van der Waals surface area contributed by atoms with Gasteiger partial charge in [-0.2, -0.15) is 0 Å². The van der Waals surface area contributed by atoms with Gasteiger partial charge in [-0.1, -0.05) is 18.0 Å². The molecular weight excluding hydrogens is 262 g/mol. The third kappa shape index (κ3) is 2.24. The normalized spacial score (nSPS) is 33.8. The van der Waals surface area contributed by atoms with Crippen molar-refractivity contribution in [3.05, 3.63) is 28.8 Å². The van der Waals surface area contributed by atoms with E-state index < -0.39 is 0 Å². The number of benzene rings is 1. The standard InChI is InChI=1S/C15H20ClNO2/c1-18-14-4-2-3-7-15(14)9-12(17)11-8-10(16)5-6-13(11)19-15/h5-6,8,12,14H,2-4,7,9,17H2,1H3/t12-,14?,15?/m1/s1. The van der Waals surface area contributed by atoms with Crippen LogP contribution in [-0.2, 0) is 4.74 Å². The van der Waals surface area contributed by atoms with E-state index in [-0.39, 0.29) is 17.7 Å². The molecular formula is C15H20ClNO2.